The Labute approximate surface area is 228 Å². The van der Waals surface area contributed by atoms with Crippen molar-refractivity contribution in [1.29, 1.82) is 0 Å². The highest BCUT2D eigenvalue weighted by atomic mass is 32.2. The molecule has 0 unspecified atom stereocenters. The molecule has 3 aromatic rings. The number of carbonyl (C=O) groups is 2. The Kier molecular flexibility index (Phi) is 12.5. The van der Waals surface area contributed by atoms with Gasteiger partial charge in [0, 0.05) is 48.0 Å². The zero-order valence-electron chi connectivity index (χ0n) is 22.5. The van der Waals surface area contributed by atoms with Crippen molar-refractivity contribution in [2.24, 2.45) is 12.8 Å². The van der Waals surface area contributed by atoms with E-state index in [4.69, 9.17) is 5.73 Å². The summed E-state index contributed by atoms with van der Waals surface area (Å²) in [5.74, 6) is 0.658. The van der Waals surface area contributed by atoms with E-state index in [1.165, 1.54) is 22.9 Å². The van der Waals surface area contributed by atoms with Crippen molar-refractivity contribution in [2.75, 3.05) is 28.7 Å². The van der Waals surface area contributed by atoms with E-state index in [9.17, 15) is 14.0 Å². The summed E-state index contributed by atoms with van der Waals surface area (Å²) in [6.45, 7) is 8.36. The van der Waals surface area contributed by atoms with Gasteiger partial charge in [0.1, 0.15) is 11.6 Å². The molecule has 0 bridgehead atoms. The summed E-state index contributed by atoms with van der Waals surface area (Å²) in [6.07, 6.45) is 3.76. The van der Waals surface area contributed by atoms with Gasteiger partial charge in [-0.05, 0) is 43.7 Å². The van der Waals surface area contributed by atoms with Crippen molar-refractivity contribution < 1.29 is 14.0 Å². The summed E-state index contributed by atoms with van der Waals surface area (Å²) in [5.41, 5.74) is 9.20. The van der Waals surface area contributed by atoms with Gasteiger partial charge in [-0.3, -0.25) is 14.3 Å². The first-order chi connectivity index (χ1) is 18.4. The van der Waals surface area contributed by atoms with Crippen LogP contribution in [0, 0.1) is 5.82 Å². The molecule has 2 amide bonds. The SMILES string of the molecule is C/C=C(CSCCN)\C(=C/C)C(=O)Nc1ccc(-c2cc(NC(=O)c3ccccc3F)n(C)n2)cc1.CC. The number of aryl methyl sites for hydroxylation is 1. The van der Waals surface area contributed by atoms with Crippen molar-refractivity contribution in [3.8, 4) is 11.3 Å². The smallest absolute Gasteiger partial charge is 0.259 e. The van der Waals surface area contributed by atoms with Gasteiger partial charge in [0.05, 0.1) is 11.3 Å². The average Bonchev–Trinajstić information content (AvgIpc) is 3.29. The van der Waals surface area contributed by atoms with Gasteiger partial charge in [0.2, 0.25) is 0 Å². The Morgan fingerprint density at radius 3 is 2.34 bits per heavy atom. The lowest BCUT2D eigenvalue weighted by atomic mass is 10.1. The van der Waals surface area contributed by atoms with E-state index in [2.05, 4.69) is 15.7 Å². The number of hydrogen-bond acceptors (Lipinski definition) is 5. The molecule has 1 heterocycles. The number of carbonyl (C=O) groups excluding carboxylic acids is 2. The fourth-order valence-electron chi connectivity index (χ4n) is 3.52. The number of anilines is 2. The first kappa shape index (κ1) is 30.5. The van der Waals surface area contributed by atoms with Crippen LogP contribution in [0.4, 0.5) is 15.9 Å². The highest BCUT2D eigenvalue weighted by Gasteiger charge is 2.16. The van der Waals surface area contributed by atoms with Crippen LogP contribution in [0.1, 0.15) is 38.1 Å². The van der Waals surface area contributed by atoms with Gasteiger partial charge >= 0.3 is 0 Å². The van der Waals surface area contributed by atoms with Crippen molar-refractivity contribution in [1.82, 2.24) is 9.78 Å². The topological polar surface area (TPSA) is 102 Å². The third-order valence-electron chi connectivity index (χ3n) is 5.43. The molecule has 0 atom stereocenters. The lowest BCUT2D eigenvalue weighted by Gasteiger charge is -2.12. The number of nitrogens with one attached hydrogen (secondary N) is 2. The second-order valence-corrected chi connectivity index (χ2v) is 8.97. The molecular formula is C29H36FN5O2S. The number of benzene rings is 2. The highest BCUT2D eigenvalue weighted by Crippen LogP contribution is 2.25. The Hall–Kier alpha value is -3.69. The summed E-state index contributed by atoms with van der Waals surface area (Å²) in [4.78, 5) is 25.3. The van der Waals surface area contributed by atoms with E-state index in [0.29, 0.717) is 29.3 Å². The number of rotatable bonds is 10. The number of nitrogens with zero attached hydrogens (tertiary/aromatic N) is 2. The normalized spacial score (nSPS) is 11.4. The van der Waals surface area contributed by atoms with Crippen LogP contribution < -0.4 is 16.4 Å². The maximum absolute atomic E-state index is 13.9. The summed E-state index contributed by atoms with van der Waals surface area (Å²) in [6, 6.07) is 14.8. The quantitative estimate of drug-likeness (QED) is 0.167. The Morgan fingerprint density at radius 1 is 1.05 bits per heavy atom. The van der Waals surface area contributed by atoms with Crippen LogP contribution in [0.2, 0.25) is 0 Å². The van der Waals surface area contributed by atoms with Gasteiger partial charge in [0.15, 0.2) is 0 Å². The molecular weight excluding hydrogens is 501 g/mol. The van der Waals surface area contributed by atoms with Crippen LogP contribution >= 0.6 is 11.8 Å². The van der Waals surface area contributed by atoms with E-state index in [1.54, 1.807) is 43.1 Å². The second-order valence-electron chi connectivity index (χ2n) is 7.86. The number of halogens is 1. The van der Waals surface area contributed by atoms with Crippen molar-refractivity contribution in [2.45, 2.75) is 27.7 Å². The first-order valence-electron chi connectivity index (χ1n) is 12.5. The fourth-order valence-corrected chi connectivity index (χ4v) is 4.37. The molecule has 38 heavy (non-hydrogen) atoms. The Balaban J connectivity index is 0.00000247. The lowest BCUT2D eigenvalue weighted by Crippen LogP contribution is -2.17. The van der Waals surface area contributed by atoms with Crippen LogP contribution in [0.15, 0.2) is 77.9 Å². The first-order valence-corrected chi connectivity index (χ1v) is 13.6. The zero-order valence-corrected chi connectivity index (χ0v) is 23.4. The maximum Gasteiger partial charge on any atom is 0.259 e. The van der Waals surface area contributed by atoms with E-state index < -0.39 is 11.7 Å². The number of aromatic nitrogens is 2. The number of nitrogens with two attached hydrogens (primary N) is 1. The molecule has 0 spiro atoms. The Bertz CT molecular complexity index is 1280. The number of hydrogen-bond donors (Lipinski definition) is 3. The molecule has 0 saturated carbocycles. The van der Waals surface area contributed by atoms with Crippen LogP contribution in [0.5, 0.6) is 0 Å². The van der Waals surface area contributed by atoms with Crippen molar-refractivity contribution in [3.05, 3.63) is 89.3 Å². The predicted octanol–water partition coefficient (Wildman–Crippen LogP) is 6.03. The largest absolute Gasteiger partial charge is 0.330 e. The van der Waals surface area contributed by atoms with Crippen LogP contribution in [0.3, 0.4) is 0 Å². The number of allylic oxidation sites excluding steroid dienone is 2. The lowest BCUT2D eigenvalue weighted by molar-refractivity contribution is -0.112. The monoisotopic (exact) mass is 537 g/mol. The van der Waals surface area contributed by atoms with Crippen molar-refractivity contribution >= 4 is 35.1 Å². The standard InChI is InChI=1S/C27H30FN5O2S.C2H6/c1-4-18(17-36-15-14-29)21(5-2)26(34)30-20-12-10-19(11-13-20)24-16-25(33(3)32-24)31-27(35)22-8-6-7-9-23(22)28;1-2/h4-13,16H,14-15,17,29H2,1-3H3,(H,30,34)(H,31,35);1-2H3/b18-4-,21-5+;. The summed E-state index contributed by atoms with van der Waals surface area (Å²) in [5, 5.41) is 10.1. The molecule has 0 aliphatic heterocycles. The van der Waals surface area contributed by atoms with E-state index in [0.717, 1.165) is 22.6 Å². The molecule has 0 aliphatic rings. The fraction of sp³-hybridized carbons (Fsp3) is 0.276. The second kappa shape index (κ2) is 15.5. The molecule has 1 aromatic heterocycles. The van der Waals surface area contributed by atoms with Gasteiger partial charge in [-0.2, -0.15) is 16.9 Å². The third-order valence-corrected chi connectivity index (χ3v) is 6.47. The summed E-state index contributed by atoms with van der Waals surface area (Å²) in [7, 11) is 1.69. The third kappa shape index (κ3) is 8.16. The average molecular weight is 538 g/mol. The van der Waals surface area contributed by atoms with Crippen LogP contribution in [-0.4, -0.2) is 39.6 Å². The van der Waals surface area contributed by atoms with Crippen molar-refractivity contribution in [3.63, 3.8) is 0 Å². The summed E-state index contributed by atoms with van der Waals surface area (Å²) >= 11 is 1.69. The maximum atomic E-state index is 13.9. The molecule has 7 nitrogen and oxygen atoms in total. The van der Waals surface area contributed by atoms with E-state index in [1.807, 2.05) is 52.0 Å². The van der Waals surface area contributed by atoms with Gasteiger partial charge < -0.3 is 16.4 Å². The van der Waals surface area contributed by atoms with Crippen LogP contribution in [-0.2, 0) is 11.8 Å². The van der Waals surface area contributed by atoms with E-state index in [-0.39, 0.29) is 11.5 Å². The molecule has 0 radical (unpaired) electrons. The molecule has 3 rings (SSSR count). The number of thioether (sulfide) groups is 1. The van der Waals surface area contributed by atoms with E-state index >= 15 is 0 Å². The molecule has 0 saturated heterocycles. The molecule has 9 heteroatoms. The summed E-state index contributed by atoms with van der Waals surface area (Å²) < 4.78 is 15.4. The highest BCUT2D eigenvalue weighted by molar-refractivity contribution is 7.99. The minimum atomic E-state index is -0.591. The van der Waals surface area contributed by atoms with Crippen LogP contribution in [0.25, 0.3) is 11.3 Å². The molecule has 0 aliphatic carbocycles. The zero-order chi connectivity index (χ0) is 28.1. The van der Waals surface area contributed by atoms with Gasteiger partial charge in [-0.25, -0.2) is 4.39 Å². The molecule has 0 fully saturated rings. The van der Waals surface area contributed by atoms with Gasteiger partial charge in [-0.15, -0.1) is 0 Å². The molecule has 202 valence electrons. The minimum Gasteiger partial charge on any atom is -0.330 e. The predicted molar refractivity (Wildman–Crippen MR) is 157 cm³/mol. The molecule has 4 N–H and O–H groups in total. The molecule has 2 aromatic carbocycles. The van der Waals surface area contributed by atoms with Gasteiger partial charge in [-0.1, -0.05) is 50.3 Å². The number of amides is 2. The minimum absolute atomic E-state index is 0.0418. The van der Waals surface area contributed by atoms with Gasteiger partial charge in [0.25, 0.3) is 11.8 Å². The Morgan fingerprint density at radius 2 is 1.74 bits per heavy atom.